The number of nitrogens with one attached hydrogen (secondary N) is 1. The summed E-state index contributed by atoms with van der Waals surface area (Å²) >= 11 is 0. The van der Waals surface area contributed by atoms with E-state index in [0.29, 0.717) is 24.3 Å². The summed E-state index contributed by atoms with van der Waals surface area (Å²) in [6.07, 6.45) is 4.63. The standard InChI is InChI=1S/C30H38FN7O2/c1-35-13-15-37(16-14-35)24-8-11-36(12-9-24)25-6-7-26(28(19-25)39-2)34-29-20-30(33-21-32-29)38-27(10-17-40-38)22-4-3-5-23(31)18-22/h3-7,18-21,24,27H,8-17H2,1-2H3,(H,32,33,34). The SMILES string of the molecule is COc1cc(N2CCC(N3CCN(C)CC3)CC2)ccc1Nc1cc(N2OCCC2c2cccc(F)c2)ncn1. The predicted octanol–water partition coefficient (Wildman–Crippen LogP) is 4.47. The minimum atomic E-state index is -0.260. The van der Waals surface area contributed by atoms with Crippen LogP contribution in [0.2, 0.25) is 0 Å². The van der Waals surface area contributed by atoms with Crippen LogP contribution in [-0.2, 0) is 4.84 Å². The summed E-state index contributed by atoms with van der Waals surface area (Å²) in [6, 6.07) is 15.3. The molecule has 3 saturated heterocycles. The van der Waals surface area contributed by atoms with E-state index in [0.717, 1.165) is 36.5 Å². The van der Waals surface area contributed by atoms with E-state index in [1.807, 2.05) is 18.2 Å². The molecule has 212 valence electrons. The summed E-state index contributed by atoms with van der Waals surface area (Å²) < 4.78 is 19.6. The highest BCUT2D eigenvalue weighted by Gasteiger charge is 2.30. The molecule has 0 bridgehead atoms. The molecular formula is C30H38FN7O2. The summed E-state index contributed by atoms with van der Waals surface area (Å²) in [4.78, 5) is 22.3. The molecular weight excluding hydrogens is 509 g/mol. The highest BCUT2D eigenvalue weighted by Crippen LogP contribution is 2.36. The monoisotopic (exact) mass is 547 g/mol. The van der Waals surface area contributed by atoms with Crippen LogP contribution in [0.3, 0.4) is 0 Å². The van der Waals surface area contributed by atoms with Gasteiger partial charge in [-0.05, 0) is 49.7 Å². The largest absolute Gasteiger partial charge is 0.494 e. The van der Waals surface area contributed by atoms with Crippen molar-refractivity contribution in [3.63, 3.8) is 0 Å². The fourth-order valence-electron chi connectivity index (χ4n) is 6.04. The third-order valence-corrected chi connectivity index (χ3v) is 8.35. The molecule has 40 heavy (non-hydrogen) atoms. The van der Waals surface area contributed by atoms with E-state index in [4.69, 9.17) is 9.57 Å². The second-order valence-electron chi connectivity index (χ2n) is 10.8. The molecule has 3 aliphatic heterocycles. The number of hydrogen-bond acceptors (Lipinski definition) is 9. The zero-order chi connectivity index (χ0) is 27.5. The molecule has 0 aliphatic carbocycles. The summed E-state index contributed by atoms with van der Waals surface area (Å²) in [5, 5.41) is 5.13. The van der Waals surface area contributed by atoms with Gasteiger partial charge in [0.2, 0.25) is 0 Å². The molecule has 0 saturated carbocycles. The van der Waals surface area contributed by atoms with Crippen LogP contribution in [0.25, 0.3) is 0 Å². The fraction of sp³-hybridized carbons (Fsp3) is 0.467. The highest BCUT2D eigenvalue weighted by molar-refractivity contribution is 5.70. The summed E-state index contributed by atoms with van der Waals surface area (Å²) in [5.74, 6) is 1.74. The first-order valence-corrected chi connectivity index (χ1v) is 14.2. The van der Waals surface area contributed by atoms with Gasteiger partial charge in [-0.25, -0.2) is 19.4 Å². The first-order valence-electron chi connectivity index (χ1n) is 14.2. The second kappa shape index (κ2) is 12.0. The van der Waals surface area contributed by atoms with Crippen molar-refractivity contribution >= 4 is 23.0 Å². The van der Waals surface area contributed by atoms with Gasteiger partial charge >= 0.3 is 0 Å². The molecule has 1 atom stereocenters. The molecule has 0 radical (unpaired) electrons. The van der Waals surface area contributed by atoms with E-state index in [-0.39, 0.29) is 11.9 Å². The minimum absolute atomic E-state index is 0.118. The van der Waals surface area contributed by atoms with Crippen molar-refractivity contribution in [1.29, 1.82) is 0 Å². The summed E-state index contributed by atoms with van der Waals surface area (Å²) in [7, 11) is 3.90. The maximum atomic E-state index is 13.9. The number of aromatic nitrogens is 2. The number of anilines is 4. The number of methoxy groups -OCH3 is 1. The Bertz CT molecular complexity index is 1290. The average Bonchev–Trinajstić information content (AvgIpc) is 3.48. The van der Waals surface area contributed by atoms with Gasteiger partial charge in [0.25, 0.3) is 0 Å². The number of piperidine rings is 1. The second-order valence-corrected chi connectivity index (χ2v) is 10.8. The normalized spacial score (nSPS) is 21.1. The van der Waals surface area contributed by atoms with Crippen LogP contribution in [0.1, 0.15) is 30.9 Å². The molecule has 4 heterocycles. The van der Waals surface area contributed by atoms with Crippen LogP contribution in [0.15, 0.2) is 54.9 Å². The number of hydroxylamine groups is 1. The van der Waals surface area contributed by atoms with Gasteiger partial charge in [0, 0.05) is 69.6 Å². The van der Waals surface area contributed by atoms with Gasteiger partial charge in [0.15, 0.2) is 5.82 Å². The van der Waals surface area contributed by atoms with Crippen LogP contribution in [-0.4, -0.2) is 85.8 Å². The number of ether oxygens (including phenoxy) is 1. The van der Waals surface area contributed by atoms with E-state index in [1.54, 1.807) is 24.3 Å². The Morgan fingerprint density at radius 1 is 0.950 bits per heavy atom. The van der Waals surface area contributed by atoms with Gasteiger partial charge in [0.05, 0.1) is 25.4 Å². The molecule has 0 spiro atoms. The molecule has 9 nitrogen and oxygen atoms in total. The Labute approximate surface area is 235 Å². The topological polar surface area (TPSA) is 69.2 Å². The van der Waals surface area contributed by atoms with Crippen LogP contribution >= 0.6 is 0 Å². The van der Waals surface area contributed by atoms with E-state index in [9.17, 15) is 4.39 Å². The zero-order valence-electron chi connectivity index (χ0n) is 23.3. The molecule has 3 fully saturated rings. The average molecular weight is 548 g/mol. The van der Waals surface area contributed by atoms with Crippen LogP contribution in [0.4, 0.5) is 27.4 Å². The first-order chi connectivity index (χ1) is 19.6. The molecule has 3 aromatic rings. The van der Waals surface area contributed by atoms with Crippen LogP contribution in [0.5, 0.6) is 5.75 Å². The highest BCUT2D eigenvalue weighted by atomic mass is 19.1. The quantitative estimate of drug-likeness (QED) is 0.462. The van der Waals surface area contributed by atoms with Gasteiger partial charge < -0.3 is 19.9 Å². The predicted molar refractivity (Wildman–Crippen MR) is 155 cm³/mol. The first kappa shape index (κ1) is 26.7. The van der Waals surface area contributed by atoms with Gasteiger partial charge in [-0.15, -0.1) is 0 Å². The molecule has 2 aromatic carbocycles. The van der Waals surface area contributed by atoms with Gasteiger partial charge in [0.1, 0.15) is 23.7 Å². The van der Waals surface area contributed by atoms with Gasteiger partial charge in [-0.1, -0.05) is 12.1 Å². The van der Waals surface area contributed by atoms with Gasteiger partial charge in [-0.2, -0.15) is 0 Å². The lowest BCUT2D eigenvalue weighted by molar-refractivity contribution is 0.0982. The maximum Gasteiger partial charge on any atom is 0.158 e. The molecule has 0 amide bonds. The lowest BCUT2D eigenvalue weighted by Gasteiger charge is -2.42. The third kappa shape index (κ3) is 5.84. The number of piperazine rings is 1. The maximum absolute atomic E-state index is 13.9. The number of hydrogen-bond donors (Lipinski definition) is 1. The molecule has 3 aliphatic rings. The Kier molecular flexibility index (Phi) is 7.99. The van der Waals surface area contributed by atoms with Crippen molar-refractivity contribution in [3.8, 4) is 5.75 Å². The van der Waals surface area contributed by atoms with E-state index < -0.39 is 0 Å². The van der Waals surface area contributed by atoms with E-state index in [1.165, 1.54) is 57.1 Å². The third-order valence-electron chi connectivity index (χ3n) is 8.35. The van der Waals surface area contributed by atoms with Crippen molar-refractivity contribution in [3.05, 3.63) is 66.2 Å². The number of benzene rings is 2. The molecule has 10 heteroatoms. The van der Waals surface area contributed by atoms with Crippen molar-refractivity contribution in [1.82, 2.24) is 19.8 Å². The van der Waals surface area contributed by atoms with E-state index in [2.05, 4.69) is 49.2 Å². The van der Waals surface area contributed by atoms with Crippen molar-refractivity contribution in [2.24, 2.45) is 0 Å². The lowest BCUT2D eigenvalue weighted by Crippen LogP contribution is -2.52. The Morgan fingerprint density at radius 3 is 2.55 bits per heavy atom. The van der Waals surface area contributed by atoms with Crippen LogP contribution in [0, 0.1) is 5.82 Å². The Hall–Kier alpha value is -3.47. The molecule has 1 aromatic heterocycles. The number of nitrogens with zero attached hydrogens (tertiary/aromatic N) is 6. The van der Waals surface area contributed by atoms with Crippen molar-refractivity contribution in [2.75, 3.05) is 75.3 Å². The summed E-state index contributed by atoms with van der Waals surface area (Å²) in [6.45, 7) is 7.31. The Balaban J connectivity index is 1.12. The molecule has 6 rings (SSSR count). The lowest BCUT2D eigenvalue weighted by atomic mass is 10.0. The molecule has 1 N–H and O–H groups in total. The van der Waals surface area contributed by atoms with Gasteiger partial charge in [-0.3, -0.25) is 9.74 Å². The van der Waals surface area contributed by atoms with E-state index >= 15 is 0 Å². The number of rotatable bonds is 7. The summed E-state index contributed by atoms with van der Waals surface area (Å²) in [5.41, 5.74) is 2.86. The molecule has 1 unspecified atom stereocenters. The minimum Gasteiger partial charge on any atom is -0.494 e. The Morgan fingerprint density at radius 2 is 1.77 bits per heavy atom. The fourth-order valence-corrected chi connectivity index (χ4v) is 6.04. The van der Waals surface area contributed by atoms with Crippen molar-refractivity contribution < 1.29 is 14.0 Å². The van der Waals surface area contributed by atoms with Crippen molar-refractivity contribution in [2.45, 2.75) is 31.3 Å². The number of halogens is 1. The zero-order valence-corrected chi connectivity index (χ0v) is 23.3. The van der Waals surface area contributed by atoms with Crippen LogP contribution < -0.4 is 20.0 Å². The smallest absolute Gasteiger partial charge is 0.158 e. The number of likely N-dealkylation sites (N-methyl/N-ethyl adjacent to an activating group) is 1.